The predicted molar refractivity (Wildman–Crippen MR) is 99.3 cm³/mol. The zero-order chi connectivity index (χ0) is 16.1. The molecule has 0 amide bonds. The van der Waals surface area contributed by atoms with E-state index in [9.17, 15) is 5.11 Å². The number of nitrogens with zero attached hydrogens (tertiary/aromatic N) is 1. The minimum Gasteiger partial charge on any atom is -0.395 e. The van der Waals surface area contributed by atoms with Gasteiger partial charge < -0.3 is 10.0 Å². The van der Waals surface area contributed by atoms with E-state index in [0.29, 0.717) is 18.5 Å². The molecule has 1 aliphatic heterocycles. The Morgan fingerprint density at radius 2 is 1.96 bits per heavy atom. The van der Waals surface area contributed by atoms with E-state index in [1.807, 2.05) is 0 Å². The van der Waals surface area contributed by atoms with E-state index in [1.54, 1.807) is 0 Å². The lowest BCUT2D eigenvalue weighted by Gasteiger charge is -2.31. The third kappa shape index (κ3) is 1.87. The molecule has 1 N–H and O–H groups in total. The van der Waals surface area contributed by atoms with Gasteiger partial charge in [0.1, 0.15) is 0 Å². The first-order valence-corrected chi connectivity index (χ1v) is 8.85. The third-order valence-electron chi connectivity index (χ3n) is 5.70. The van der Waals surface area contributed by atoms with Gasteiger partial charge in [0.2, 0.25) is 0 Å². The molecule has 0 spiro atoms. The van der Waals surface area contributed by atoms with Gasteiger partial charge in [-0.3, -0.25) is 0 Å². The Morgan fingerprint density at radius 1 is 1.04 bits per heavy atom. The monoisotopic (exact) mass is 315 g/mol. The first-order chi connectivity index (χ1) is 11.9. The first kappa shape index (κ1) is 14.1. The van der Waals surface area contributed by atoms with Crippen molar-refractivity contribution in [2.75, 3.05) is 18.1 Å². The SMILES string of the molecule is OCCN1c2ccc3c(c2C2c4ccccc4C=CC21)CCC=C3. The molecule has 2 aliphatic carbocycles. The molecule has 2 nitrogen and oxygen atoms in total. The molecular formula is C22H21NO. The highest BCUT2D eigenvalue weighted by Crippen LogP contribution is 2.51. The van der Waals surface area contributed by atoms with Gasteiger partial charge in [0.15, 0.2) is 0 Å². The van der Waals surface area contributed by atoms with Crippen molar-refractivity contribution in [1.29, 1.82) is 0 Å². The summed E-state index contributed by atoms with van der Waals surface area (Å²) in [5.74, 6) is 0.384. The molecular weight excluding hydrogens is 294 g/mol. The zero-order valence-corrected chi connectivity index (χ0v) is 13.7. The van der Waals surface area contributed by atoms with Gasteiger partial charge in [0.25, 0.3) is 0 Å². The highest BCUT2D eigenvalue weighted by Gasteiger charge is 2.41. The molecule has 2 aromatic rings. The highest BCUT2D eigenvalue weighted by molar-refractivity contribution is 5.77. The second-order valence-corrected chi connectivity index (χ2v) is 6.88. The Balaban J connectivity index is 1.77. The molecule has 0 saturated heterocycles. The van der Waals surface area contributed by atoms with Crippen LogP contribution in [0.3, 0.4) is 0 Å². The minimum atomic E-state index is 0.190. The fraction of sp³-hybridized carbons (Fsp3) is 0.273. The number of allylic oxidation sites excluding steroid dienone is 1. The number of aliphatic hydroxyl groups is 1. The van der Waals surface area contributed by atoms with E-state index in [2.05, 4.69) is 65.6 Å². The van der Waals surface area contributed by atoms with Crippen LogP contribution < -0.4 is 4.90 Å². The van der Waals surface area contributed by atoms with Gasteiger partial charge in [-0.2, -0.15) is 0 Å². The van der Waals surface area contributed by atoms with Crippen LogP contribution in [0.4, 0.5) is 5.69 Å². The van der Waals surface area contributed by atoms with Crippen LogP contribution in [0.1, 0.15) is 40.2 Å². The largest absolute Gasteiger partial charge is 0.395 e. The van der Waals surface area contributed by atoms with Crippen LogP contribution in [-0.2, 0) is 6.42 Å². The fourth-order valence-electron chi connectivity index (χ4n) is 4.73. The highest BCUT2D eigenvalue weighted by atomic mass is 16.3. The Hall–Kier alpha value is -2.32. The summed E-state index contributed by atoms with van der Waals surface area (Å²) in [7, 11) is 0. The van der Waals surface area contributed by atoms with Crippen molar-refractivity contribution in [3.8, 4) is 0 Å². The van der Waals surface area contributed by atoms with Gasteiger partial charge in [-0.15, -0.1) is 0 Å². The van der Waals surface area contributed by atoms with Crippen LogP contribution in [0.25, 0.3) is 12.2 Å². The van der Waals surface area contributed by atoms with Crippen LogP contribution in [0.5, 0.6) is 0 Å². The zero-order valence-electron chi connectivity index (χ0n) is 13.7. The third-order valence-corrected chi connectivity index (χ3v) is 5.70. The van der Waals surface area contributed by atoms with Gasteiger partial charge in [-0.05, 0) is 46.7 Å². The van der Waals surface area contributed by atoms with E-state index in [1.165, 1.54) is 33.5 Å². The van der Waals surface area contributed by atoms with Gasteiger partial charge >= 0.3 is 0 Å². The van der Waals surface area contributed by atoms with E-state index < -0.39 is 0 Å². The Kier molecular flexibility index (Phi) is 3.14. The van der Waals surface area contributed by atoms with Crippen molar-refractivity contribution in [1.82, 2.24) is 0 Å². The number of benzene rings is 2. The predicted octanol–water partition coefficient (Wildman–Crippen LogP) is 3.99. The van der Waals surface area contributed by atoms with Gasteiger partial charge in [0, 0.05) is 18.2 Å². The summed E-state index contributed by atoms with van der Waals surface area (Å²) >= 11 is 0. The van der Waals surface area contributed by atoms with Crippen molar-refractivity contribution >= 4 is 17.8 Å². The fourth-order valence-corrected chi connectivity index (χ4v) is 4.73. The summed E-state index contributed by atoms with van der Waals surface area (Å²) in [4.78, 5) is 2.39. The van der Waals surface area contributed by atoms with Crippen molar-refractivity contribution < 1.29 is 5.11 Å². The Morgan fingerprint density at radius 3 is 2.88 bits per heavy atom. The standard InChI is InChI=1S/C22H21NO/c24-14-13-23-19-11-9-15-5-1-3-7-17(15)21(19)22-18-8-4-2-6-16(18)10-12-20(22)23/h1-3,5-7,9-12,19,21,24H,4,8,13-14H2. The number of β-amino-alcohol motifs (C(OH)–C–C–N with tert-alkyl or cyclic N) is 1. The lowest BCUT2D eigenvalue weighted by atomic mass is 9.77. The van der Waals surface area contributed by atoms with Crippen LogP contribution in [0.2, 0.25) is 0 Å². The number of aliphatic hydroxyl groups excluding tert-OH is 1. The van der Waals surface area contributed by atoms with Crippen LogP contribution >= 0.6 is 0 Å². The number of hydrogen-bond acceptors (Lipinski definition) is 2. The van der Waals surface area contributed by atoms with Crippen LogP contribution in [0.15, 0.2) is 48.6 Å². The number of anilines is 1. The first-order valence-electron chi connectivity index (χ1n) is 8.85. The topological polar surface area (TPSA) is 23.5 Å². The molecule has 24 heavy (non-hydrogen) atoms. The van der Waals surface area contributed by atoms with E-state index in [0.717, 1.165) is 12.8 Å². The smallest absolute Gasteiger partial charge is 0.0606 e. The Labute approximate surface area is 142 Å². The summed E-state index contributed by atoms with van der Waals surface area (Å²) in [6, 6.07) is 13.6. The summed E-state index contributed by atoms with van der Waals surface area (Å²) in [5.41, 5.74) is 8.45. The number of fused-ring (bicyclic) bond motifs is 7. The average Bonchev–Trinajstić information content (AvgIpc) is 2.97. The summed E-state index contributed by atoms with van der Waals surface area (Å²) in [6.45, 7) is 0.879. The Bertz CT molecular complexity index is 864. The maximum Gasteiger partial charge on any atom is 0.0606 e. The molecule has 3 aliphatic rings. The number of rotatable bonds is 2. The molecule has 0 saturated carbocycles. The van der Waals surface area contributed by atoms with Gasteiger partial charge in [0.05, 0.1) is 12.6 Å². The average molecular weight is 315 g/mol. The van der Waals surface area contributed by atoms with Crippen LogP contribution in [-0.4, -0.2) is 24.3 Å². The maximum absolute atomic E-state index is 9.60. The lowest BCUT2D eigenvalue weighted by molar-refractivity contribution is 0.300. The lowest BCUT2D eigenvalue weighted by Crippen LogP contribution is -2.36. The van der Waals surface area contributed by atoms with Crippen molar-refractivity contribution in [2.24, 2.45) is 0 Å². The molecule has 2 unspecified atom stereocenters. The molecule has 0 aromatic heterocycles. The normalized spacial score (nSPS) is 22.8. The minimum absolute atomic E-state index is 0.190. The summed E-state index contributed by atoms with van der Waals surface area (Å²) in [5, 5.41) is 9.60. The van der Waals surface area contributed by atoms with E-state index in [4.69, 9.17) is 0 Å². The van der Waals surface area contributed by atoms with Crippen molar-refractivity contribution in [2.45, 2.75) is 24.8 Å². The second-order valence-electron chi connectivity index (χ2n) is 6.88. The van der Waals surface area contributed by atoms with E-state index in [-0.39, 0.29) is 6.61 Å². The summed E-state index contributed by atoms with van der Waals surface area (Å²) in [6.07, 6.45) is 11.4. The molecule has 2 heteroatoms. The van der Waals surface area contributed by atoms with Crippen LogP contribution in [0, 0.1) is 0 Å². The molecule has 2 aromatic carbocycles. The maximum atomic E-state index is 9.60. The molecule has 5 rings (SSSR count). The number of hydrogen-bond donors (Lipinski definition) is 1. The van der Waals surface area contributed by atoms with Gasteiger partial charge in [-0.25, -0.2) is 0 Å². The van der Waals surface area contributed by atoms with E-state index >= 15 is 0 Å². The van der Waals surface area contributed by atoms with Gasteiger partial charge in [-0.1, -0.05) is 54.6 Å². The summed E-state index contributed by atoms with van der Waals surface area (Å²) < 4.78 is 0. The molecule has 120 valence electrons. The molecule has 1 heterocycles. The van der Waals surface area contributed by atoms with Crippen molar-refractivity contribution in [3.05, 3.63) is 76.4 Å². The second kappa shape index (κ2) is 5.35. The molecule has 0 bridgehead atoms. The quantitative estimate of drug-likeness (QED) is 0.906. The molecule has 0 fully saturated rings. The molecule has 0 radical (unpaired) electrons. The molecule has 2 atom stereocenters. The van der Waals surface area contributed by atoms with Crippen molar-refractivity contribution in [3.63, 3.8) is 0 Å².